The number of nitrogens with two attached hydrogens (primary N) is 1. The van der Waals surface area contributed by atoms with Gasteiger partial charge in [-0.3, -0.25) is 4.79 Å². The van der Waals surface area contributed by atoms with Crippen LogP contribution >= 0.6 is 36.2 Å². The molecule has 2 unspecified atom stereocenters. The smallest absolute Gasteiger partial charge is 0.265 e. The van der Waals surface area contributed by atoms with Crippen molar-refractivity contribution in [1.82, 2.24) is 9.88 Å². The molecule has 138 valence electrons. The van der Waals surface area contributed by atoms with E-state index in [0.717, 1.165) is 25.8 Å². The van der Waals surface area contributed by atoms with Gasteiger partial charge in [0.1, 0.15) is 15.7 Å². The van der Waals surface area contributed by atoms with Crippen molar-refractivity contribution in [2.45, 2.75) is 38.3 Å². The SMILES string of the molecule is CC(N)C1CCCCN1C(=O)c1cnc(-c2ccccc2F)s1.Cl.Cl. The van der Waals surface area contributed by atoms with Gasteiger partial charge in [-0.25, -0.2) is 9.37 Å². The first-order valence-corrected chi connectivity index (χ1v) is 8.67. The van der Waals surface area contributed by atoms with Gasteiger partial charge in [-0.15, -0.1) is 36.2 Å². The second-order valence-electron chi connectivity index (χ2n) is 5.93. The molecule has 2 N–H and O–H groups in total. The summed E-state index contributed by atoms with van der Waals surface area (Å²) in [5.74, 6) is -0.376. The minimum absolute atomic E-state index is 0. The van der Waals surface area contributed by atoms with E-state index in [4.69, 9.17) is 5.73 Å². The average molecular weight is 406 g/mol. The molecule has 2 heterocycles. The Morgan fingerprint density at radius 2 is 2.08 bits per heavy atom. The Hall–Kier alpha value is -1.21. The third kappa shape index (κ3) is 4.70. The number of piperidine rings is 1. The van der Waals surface area contributed by atoms with E-state index in [1.165, 1.54) is 17.4 Å². The summed E-state index contributed by atoms with van der Waals surface area (Å²) in [6.07, 6.45) is 4.57. The molecule has 4 nitrogen and oxygen atoms in total. The van der Waals surface area contributed by atoms with Crippen molar-refractivity contribution in [3.8, 4) is 10.6 Å². The van der Waals surface area contributed by atoms with Gasteiger partial charge in [0.15, 0.2) is 0 Å². The largest absolute Gasteiger partial charge is 0.333 e. The molecule has 0 radical (unpaired) electrons. The topological polar surface area (TPSA) is 59.2 Å². The molecule has 1 aromatic heterocycles. The van der Waals surface area contributed by atoms with E-state index < -0.39 is 0 Å². The van der Waals surface area contributed by atoms with Crippen LogP contribution in [0.25, 0.3) is 10.6 Å². The van der Waals surface area contributed by atoms with Crippen molar-refractivity contribution in [1.29, 1.82) is 0 Å². The number of hydrogen-bond donors (Lipinski definition) is 1. The number of rotatable bonds is 3. The molecule has 0 spiro atoms. The highest BCUT2D eigenvalue weighted by Gasteiger charge is 2.30. The molecule has 1 amide bonds. The standard InChI is InChI=1S/C17H20FN3OS.2ClH/c1-11(19)14-8-4-5-9-21(14)17(22)15-10-20-16(23-15)12-6-2-3-7-13(12)18;;/h2-3,6-7,10-11,14H,4-5,8-9,19H2,1H3;2*1H. The predicted molar refractivity (Wildman–Crippen MR) is 104 cm³/mol. The molecule has 1 saturated heterocycles. The number of carbonyl (C=O) groups is 1. The van der Waals surface area contributed by atoms with E-state index in [-0.39, 0.29) is 48.6 Å². The molecule has 25 heavy (non-hydrogen) atoms. The van der Waals surface area contributed by atoms with E-state index in [0.29, 0.717) is 15.4 Å². The summed E-state index contributed by atoms with van der Waals surface area (Å²) in [5, 5.41) is 0.529. The van der Waals surface area contributed by atoms with Crippen LogP contribution in [0.5, 0.6) is 0 Å². The van der Waals surface area contributed by atoms with Crippen LogP contribution in [0.3, 0.4) is 0 Å². The maximum atomic E-state index is 13.9. The predicted octanol–water partition coefficient (Wildman–Crippen LogP) is 4.13. The lowest BCUT2D eigenvalue weighted by atomic mass is 9.97. The van der Waals surface area contributed by atoms with Crippen molar-refractivity contribution < 1.29 is 9.18 Å². The van der Waals surface area contributed by atoms with Crippen LogP contribution in [-0.2, 0) is 0 Å². The lowest BCUT2D eigenvalue weighted by molar-refractivity contribution is 0.0588. The molecule has 0 bridgehead atoms. The fourth-order valence-electron chi connectivity index (χ4n) is 3.03. The Bertz CT molecular complexity index is 711. The van der Waals surface area contributed by atoms with Gasteiger partial charge >= 0.3 is 0 Å². The van der Waals surface area contributed by atoms with Crippen molar-refractivity contribution in [3.05, 3.63) is 41.2 Å². The number of hydrogen-bond acceptors (Lipinski definition) is 4. The highest BCUT2D eigenvalue weighted by molar-refractivity contribution is 7.16. The van der Waals surface area contributed by atoms with Crippen LogP contribution in [0.1, 0.15) is 35.9 Å². The fourth-order valence-corrected chi connectivity index (χ4v) is 3.93. The zero-order valence-corrected chi connectivity index (χ0v) is 16.3. The molecular weight excluding hydrogens is 384 g/mol. The minimum atomic E-state index is -0.327. The summed E-state index contributed by atoms with van der Waals surface area (Å²) >= 11 is 1.23. The van der Waals surface area contributed by atoms with E-state index in [1.54, 1.807) is 24.4 Å². The fraction of sp³-hybridized carbons (Fsp3) is 0.412. The maximum Gasteiger partial charge on any atom is 0.265 e. The van der Waals surface area contributed by atoms with Crippen LogP contribution in [0.15, 0.2) is 30.5 Å². The molecule has 2 atom stereocenters. The normalized spacial score (nSPS) is 18.0. The number of benzene rings is 1. The summed E-state index contributed by atoms with van der Waals surface area (Å²) in [6.45, 7) is 2.66. The second-order valence-corrected chi connectivity index (χ2v) is 6.96. The number of carbonyl (C=O) groups excluding carboxylic acids is 1. The third-order valence-electron chi connectivity index (χ3n) is 4.24. The number of halogens is 3. The van der Waals surface area contributed by atoms with Gasteiger partial charge in [-0.2, -0.15) is 0 Å². The van der Waals surface area contributed by atoms with Crippen LogP contribution < -0.4 is 5.73 Å². The number of likely N-dealkylation sites (tertiary alicyclic amines) is 1. The second kappa shape index (κ2) is 9.48. The maximum absolute atomic E-state index is 13.9. The van der Waals surface area contributed by atoms with Crippen molar-refractivity contribution in [2.75, 3.05) is 6.54 Å². The molecule has 1 aliphatic heterocycles. The molecule has 1 aromatic carbocycles. The zero-order chi connectivity index (χ0) is 16.4. The first-order valence-electron chi connectivity index (χ1n) is 7.85. The van der Waals surface area contributed by atoms with E-state index in [2.05, 4.69) is 4.98 Å². The van der Waals surface area contributed by atoms with E-state index >= 15 is 0 Å². The van der Waals surface area contributed by atoms with Gasteiger partial charge in [0.25, 0.3) is 5.91 Å². The number of thiazole rings is 1. The van der Waals surface area contributed by atoms with Crippen LogP contribution in [0.2, 0.25) is 0 Å². The Morgan fingerprint density at radius 3 is 2.76 bits per heavy atom. The molecule has 1 aliphatic rings. The first-order chi connectivity index (χ1) is 11.1. The van der Waals surface area contributed by atoms with Crippen molar-refractivity contribution in [2.24, 2.45) is 5.73 Å². The van der Waals surface area contributed by atoms with E-state index in [9.17, 15) is 9.18 Å². The van der Waals surface area contributed by atoms with Crippen LogP contribution in [0, 0.1) is 5.82 Å². The number of nitrogens with zero attached hydrogens (tertiary/aromatic N) is 2. The van der Waals surface area contributed by atoms with Crippen molar-refractivity contribution >= 4 is 42.1 Å². The molecule has 3 rings (SSSR count). The van der Waals surface area contributed by atoms with Gasteiger partial charge in [0, 0.05) is 24.2 Å². The summed E-state index contributed by atoms with van der Waals surface area (Å²) in [6, 6.07) is 6.48. The minimum Gasteiger partial charge on any atom is -0.333 e. The Balaban J connectivity index is 0.00000156. The molecule has 0 saturated carbocycles. The third-order valence-corrected chi connectivity index (χ3v) is 5.26. The van der Waals surface area contributed by atoms with Gasteiger partial charge in [-0.05, 0) is 38.3 Å². The number of aromatic nitrogens is 1. The highest BCUT2D eigenvalue weighted by Crippen LogP contribution is 2.29. The zero-order valence-electron chi connectivity index (χ0n) is 13.9. The molecule has 1 fully saturated rings. The average Bonchev–Trinajstić information content (AvgIpc) is 3.04. The Morgan fingerprint density at radius 1 is 1.36 bits per heavy atom. The summed E-state index contributed by atoms with van der Waals surface area (Å²) < 4.78 is 13.9. The lowest BCUT2D eigenvalue weighted by Gasteiger charge is -2.37. The molecule has 0 aliphatic carbocycles. The molecule has 2 aromatic rings. The molecular formula is C17H22Cl2FN3OS. The Labute approximate surface area is 163 Å². The van der Waals surface area contributed by atoms with Gasteiger partial charge in [0.2, 0.25) is 0 Å². The summed E-state index contributed by atoms with van der Waals surface area (Å²) in [4.78, 5) is 19.4. The Kier molecular flexibility index (Phi) is 8.28. The van der Waals surface area contributed by atoms with Gasteiger partial charge < -0.3 is 10.6 Å². The summed E-state index contributed by atoms with van der Waals surface area (Å²) in [5.41, 5.74) is 6.46. The van der Waals surface area contributed by atoms with Gasteiger partial charge in [-0.1, -0.05) is 12.1 Å². The summed E-state index contributed by atoms with van der Waals surface area (Å²) in [7, 11) is 0. The van der Waals surface area contributed by atoms with Crippen LogP contribution in [0.4, 0.5) is 4.39 Å². The first kappa shape index (κ1) is 21.8. The quantitative estimate of drug-likeness (QED) is 0.834. The van der Waals surface area contributed by atoms with Crippen molar-refractivity contribution in [3.63, 3.8) is 0 Å². The highest BCUT2D eigenvalue weighted by atomic mass is 35.5. The van der Waals surface area contributed by atoms with Crippen LogP contribution in [-0.4, -0.2) is 34.4 Å². The number of amides is 1. The van der Waals surface area contributed by atoms with E-state index in [1.807, 2.05) is 11.8 Å². The monoisotopic (exact) mass is 405 g/mol. The lowest BCUT2D eigenvalue weighted by Crippen LogP contribution is -2.51. The molecule has 8 heteroatoms. The van der Waals surface area contributed by atoms with Gasteiger partial charge in [0.05, 0.1) is 6.20 Å².